The van der Waals surface area contributed by atoms with Crippen LogP contribution in [-0.4, -0.2) is 52.1 Å². The number of tetrazole rings is 1. The van der Waals surface area contributed by atoms with Gasteiger partial charge in [-0.2, -0.15) is 13.8 Å². The first-order valence-electron chi connectivity index (χ1n) is 11.7. The summed E-state index contributed by atoms with van der Waals surface area (Å²) in [7, 11) is 0. The van der Waals surface area contributed by atoms with Crippen molar-refractivity contribution in [2.75, 3.05) is 0 Å². The third kappa shape index (κ3) is 3.82. The van der Waals surface area contributed by atoms with Gasteiger partial charge in [0.1, 0.15) is 18.8 Å². The van der Waals surface area contributed by atoms with Crippen LogP contribution in [0.15, 0.2) is 43.0 Å². The smallest absolute Gasteiger partial charge is 0.254 e. The number of carbonyl (C=O) groups excluding carboxylic acids is 1. The van der Waals surface area contributed by atoms with E-state index in [2.05, 4.69) is 25.5 Å². The lowest BCUT2D eigenvalue weighted by Gasteiger charge is -2.33. The Morgan fingerprint density at radius 1 is 1.24 bits per heavy atom. The fourth-order valence-electron chi connectivity index (χ4n) is 5.25. The number of aliphatic hydroxyl groups is 1. The molecule has 2 atom stereocenters. The van der Waals surface area contributed by atoms with Crippen molar-refractivity contribution in [3.05, 3.63) is 81.9 Å². The monoisotopic (exact) mass is 540 g/mol. The van der Waals surface area contributed by atoms with Crippen molar-refractivity contribution in [2.45, 2.75) is 38.0 Å². The van der Waals surface area contributed by atoms with E-state index in [4.69, 9.17) is 11.6 Å². The van der Waals surface area contributed by atoms with Crippen molar-refractivity contribution in [1.82, 2.24) is 35.1 Å². The lowest BCUT2D eigenvalue weighted by atomic mass is 9.92. The number of rotatable bonds is 5. The van der Waals surface area contributed by atoms with Crippen LogP contribution in [0.5, 0.6) is 0 Å². The Morgan fingerprint density at radius 3 is 2.84 bits per heavy atom. The number of aliphatic hydroxyl groups excluding tert-OH is 1. The first kappa shape index (κ1) is 24.1. The molecule has 0 aliphatic carbocycles. The number of carbonyl (C=O) groups is 1. The predicted octanol–water partition coefficient (Wildman–Crippen LogP) is 2.63. The summed E-state index contributed by atoms with van der Waals surface area (Å²) < 4.78 is 31.6. The van der Waals surface area contributed by atoms with Crippen LogP contribution in [0.25, 0.3) is 22.5 Å². The van der Waals surface area contributed by atoms with Crippen molar-refractivity contribution in [3.63, 3.8) is 0 Å². The third-order valence-corrected chi connectivity index (χ3v) is 7.28. The summed E-state index contributed by atoms with van der Waals surface area (Å²) in [6.07, 6.45) is 6.84. The molecule has 0 saturated carbocycles. The number of aromatic nitrogens is 7. The topological polar surface area (TPSA) is 140 Å². The fraction of sp³-hybridized carbons (Fsp3) is 0.250. The van der Waals surface area contributed by atoms with Crippen LogP contribution >= 0.6 is 11.6 Å². The highest BCUT2D eigenvalue weighted by molar-refractivity contribution is 6.31. The summed E-state index contributed by atoms with van der Waals surface area (Å²) >= 11 is 6.08. The first-order chi connectivity index (χ1) is 18.4. The maximum Gasteiger partial charge on any atom is 0.254 e. The van der Waals surface area contributed by atoms with Gasteiger partial charge >= 0.3 is 0 Å². The number of fused-ring (bicyclic) bond motifs is 1. The molecule has 6 rings (SSSR count). The van der Waals surface area contributed by atoms with Crippen LogP contribution in [0.1, 0.15) is 42.4 Å². The zero-order valence-electron chi connectivity index (χ0n) is 19.6. The minimum absolute atomic E-state index is 0.0770. The van der Waals surface area contributed by atoms with Crippen molar-refractivity contribution >= 4 is 23.1 Å². The normalized spacial score (nSPS) is 19.1. The summed E-state index contributed by atoms with van der Waals surface area (Å²) in [6, 6.07) is 3.66. The molecule has 5 heterocycles. The fourth-order valence-corrected chi connectivity index (χ4v) is 5.41. The van der Waals surface area contributed by atoms with E-state index in [0.29, 0.717) is 42.0 Å². The highest BCUT2D eigenvalue weighted by atomic mass is 35.5. The Hall–Kier alpha value is -4.23. The molecule has 2 N–H and O–H groups in total. The third-order valence-electron chi connectivity index (χ3n) is 6.98. The summed E-state index contributed by atoms with van der Waals surface area (Å²) in [5, 5.41) is 32.0. The number of halogens is 3. The molecule has 0 bridgehead atoms. The minimum Gasteiger partial charge on any atom is -0.618 e. The van der Waals surface area contributed by atoms with Gasteiger partial charge in [-0.1, -0.05) is 11.6 Å². The van der Waals surface area contributed by atoms with Gasteiger partial charge in [0.25, 0.3) is 5.69 Å². The van der Waals surface area contributed by atoms with E-state index in [-0.39, 0.29) is 32.8 Å². The number of H-pyrrole nitrogens is 1. The molecule has 14 heteroatoms. The number of nitrogens with one attached hydrogen (secondary N) is 1. The van der Waals surface area contributed by atoms with Gasteiger partial charge < -0.3 is 20.2 Å². The molecule has 1 unspecified atom stereocenters. The maximum absolute atomic E-state index is 15.3. The average Bonchev–Trinajstić information content (AvgIpc) is 3.67. The van der Waals surface area contributed by atoms with Gasteiger partial charge in [-0.05, 0) is 47.4 Å². The largest absolute Gasteiger partial charge is 0.618 e. The van der Waals surface area contributed by atoms with Gasteiger partial charge in [0.2, 0.25) is 11.7 Å². The van der Waals surface area contributed by atoms with E-state index < -0.39 is 30.0 Å². The molecule has 38 heavy (non-hydrogen) atoms. The number of imidazole rings is 1. The molecule has 1 fully saturated rings. The zero-order valence-corrected chi connectivity index (χ0v) is 20.3. The zero-order chi connectivity index (χ0) is 26.6. The van der Waals surface area contributed by atoms with Gasteiger partial charge in [-0.15, -0.1) is 5.10 Å². The van der Waals surface area contributed by atoms with E-state index in [0.717, 1.165) is 6.20 Å². The Balaban J connectivity index is 1.32. The molecule has 1 saturated heterocycles. The quantitative estimate of drug-likeness (QED) is 0.293. The Morgan fingerprint density at radius 2 is 2.08 bits per heavy atom. The molecule has 11 nitrogen and oxygen atoms in total. The minimum atomic E-state index is -0.854. The van der Waals surface area contributed by atoms with Crippen LogP contribution in [0.4, 0.5) is 8.78 Å². The second-order valence-corrected chi connectivity index (χ2v) is 9.44. The van der Waals surface area contributed by atoms with Crippen LogP contribution in [-0.2, 0) is 11.4 Å². The lowest BCUT2D eigenvalue weighted by molar-refractivity contribution is -0.618. The molecular formula is C24H19ClF2N8O3. The van der Waals surface area contributed by atoms with E-state index in [9.17, 15) is 19.5 Å². The molecule has 2 aliphatic rings. The molecule has 0 spiro atoms. The highest BCUT2D eigenvalue weighted by Crippen LogP contribution is 2.44. The molecule has 1 aromatic carbocycles. The first-order valence-corrected chi connectivity index (χ1v) is 12.1. The van der Waals surface area contributed by atoms with Crippen molar-refractivity contribution in [1.29, 1.82) is 0 Å². The molecular weight excluding hydrogens is 522 g/mol. The second-order valence-electron chi connectivity index (χ2n) is 9.03. The maximum atomic E-state index is 15.3. The number of benzene rings is 1. The van der Waals surface area contributed by atoms with Gasteiger partial charge in [0.05, 0.1) is 28.6 Å². The van der Waals surface area contributed by atoms with E-state index in [1.54, 1.807) is 11.0 Å². The summed E-state index contributed by atoms with van der Waals surface area (Å²) in [4.78, 5) is 22.5. The van der Waals surface area contributed by atoms with Gasteiger partial charge in [-0.25, -0.2) is 9.37 Å². The van der Waals surface area contributed by atoms with E-state index in [1.165, 1.54) is 35.4 Å². The number of nitrogens with zero attached hydrogens (tertiary/aromatic N) is 7. The van der Waals surface area contributed by atoms with Crippen LogP contribution in [0.2, 0.25) is 5.02 Å². The molecule has 2 aliphatic heterocycles. The Bertz CT molecular complexity index is 1590. The number of hydrogen-bond donors (Lipinski definition) is 2. The standard InChI is InChI=1S/C24H19ClF2N8O3/c25-15-2-4-17(33-11-29-31-32-33)21(23(15)27)12-7-13-1-3-18(35(13)20(37)8-12)24-28-9-16(30-24)14-5-6-34(38)19(10-36)22(14)26/h2,4-6,8-9,11,13,18,36H,1,3,7,10H2,(H,28,30)/t13?,18-/m0/s1. The molecule has 1 amide bonds. The number of hydrogen-bond acceptors (Lipinski definition) is 7. The molecule has 3 aromatic heterocycles. The highest BCUT2D eigenvalue weighted by Gasteiger charge is 2.42. The van der Waals surface area contributed by atoms with E-state index >= 15 is 4.39 Å². The van der Waals surface area contributed by atoms with Gasteiger partial charge in [0, 0.05) is 29.3 Å². The Kier molecular flexibility index (Phi) is 5.88. The van der Waals surface area contributed by atoms with Gasteiger partial charge in [-0.3, -0.25) is 4.79 Å². The SMILES string of the molecule is O=C1C=C(c2c(-n3cnnn3)ccc(Cl)c2F)CC2CC[C@@H](c3ncc(-c4cc[n+]([O-])c(CO)c4F)[nH]3)N12. The van der Waals surface area contributed by atoms with Crippen LogP contribution in [0, 0.1) is 16.8 Å². The molecule has 194 valence electrons. The second kappa shape index (κ2) is 9.26. The predicted molar refractivity (Wildman–Crippen MR) is 128 cm³/mol. The van der Waals surface area contributed by atoms with E-state index in [1.807, 2.05) is 0 Å². The number of aromatic amines is 1. The molecule has 4 aromatic rings. The number of amides is 1. The number of pyridine rings is 1. The van der Waals surface area contributed by atoms with Gasteiger partial charge in [0.15, 0.2) is 12.0 Å². The van der Waals surface area contributed by atoms with Crippen LogP contribution < -0.4 is 4.73 Å². The van der Waals surface area contributed by atoms with Crippen LogP contribution in [0.3, 0.4) is 0 Å². The average molecular weight is 541 g/mol. The molecule has 0 radical (unpaired) electrons. The van der Waals surface area contributed by atoms with Crippen molar-refractivity contribution in [2.24, 2.45) is 0 Å². The summed E-state index contributed by atoms with van der Waals surface area (Å²) in [5.74, 6) is -1.38. The summed E-state index contributed by atoms with van der Waals surface area (Å²) in [6.45, 7) is -0.756. The lowest BCUT2D eigenvalue weighted by Crippen LogP contribution is -2.39. The van der Waals surface area contributed by atoms with Crippen molar-refractivity contribution in [3.8, 4) is 16.9 Å². The Labute approximate surface area is 218 Å². The summed E-state index contributed by atoms with van der Waals surface area (Å²) in [5.41, 5.74) is 0.990. The van der Waals surface area contributed by atoms with Crippen molar-refractivity contribution < 1.29 is 23.4 Å².